The number of aliphatic carboxylic acids is 1. The number of carboxylic acid groups (broad SMARTS) is 1. The molecule has 2 rings (SSSR count). The summed E-state index contributed by atoms with van der Waals surface area (Å²) in [7, 11) is 1.41. The molecule has 22 heavy (non-hydrogen) atoms. The lowest BCUT2D eigenvalue weighted by molar-refractivity contribution is -0.144. The van der Waals surface area contributed by atoms with E-state index in [1.807, 2.05) is 0 Å². The molecule has 0 spiro atoms. The van der Waals surface area contributed by atoms with Crippen LogP contribution in [0.5, 0.6) is 11.5 Å². The SMILES string of the molecule is COc1c(/C=C2/SC(=O)NC2=O)cccc1O[C@H](C)C(=O)O. The van der Waals surface area contributed by atoms with Crippen LogP contribution in [0.25, 0.3) is 6.08 Å². The second-order valence-corrected chi connectivity index (χ2v) is 5.34. The number of hydrogen-bond donors (Lipinski definition) is 2. The zero-order valence-corrected chi connectivity index (χ0v) is 12.6. The number of methoxy groups -OCH3 is 1. The predicted molar refractivity (Wildman–Crippen MR) is 79.8 cm³/mol. The van der Waals surface area contributed by atoms with Crippen molar-refractivity contribution in [3.05, 3.63) is 28.7 Å². The molecule has 1 aromatic rings. The Morgan fingerprint density at radius 1 is 1.41 bits per heavy atom. The van der Waals surface area contributed by atoms with Gasteiger partial charge in [-0.3, -0.25) is 14.9 Å². The number of amides is 2. The van der Waals surface area contributed by atoms with E-state index in [0.29, 0.717) is 5.56 Å². The molecule has 7 nitrogen and oxygen atoms in total. The van der Waals surface area contributed by atoms with Gasteiger partial charge in [-0.1, -0.05) is 12.1 Å². The molecule has 8 heteroatoms. The van der Waals surface area contributed by atoms with Gasteiger partial charge in [0.2, 0.25) is 0 Å². The molecule has 0 aromatic heterocycles. The zero-order valence-electron chi connectivity index (χ0n) is 11.8. The van der Waals surface area contributed by atoms with Gasteiger partial charge in [0, 0.05) is 5.56 Å². The maximum atomic E-state index is 11.6. The van der Waals surface area contributed by atoms with Crippen molar-refractivity contribution in [2.24, 2.45) is 0 Å². The van der Waals surface area contributed by atoms with E-state index < -0.39 is 23.2 Å². The molecule has 116 valence electrons. The molecular formula is C14H13NO6S. The van der Waals surface area contributed by atoms with E-state index in [1.165, 1.54) is 20.1 Å². The van der Waals surface area contributed by atoms with Crippen molar-refractivity contribution in [1.82, 2.24) is 5.32 Å². The molecule has 1 fully saturated rings. The number of carbonyl (C=O) groups is 3. The normalized spacial score (nSPS) is 17.3. The van der Waals surface area contributed by atoms with Crippen LogP contribution in [-0.4, -0.2) is 35.4 Å². The van der Waals surface area contributed by atoms with E-state index in [9.17, 15) is 14.4 Å². The summed E-state index contributed by atoms with van der Waals surface area (Å²) < 4.78 is 10.6. The third-order valence-electron chi connectivity index (χ3n) is 2.79. The van der Waals surface area contributed by atoms with Gasteiger partial charge >= 0.3 is 5.97 Å². The second kappa shape index (κ2) is 6.52. The minimum Gasteiger partial charge on any atom is -0.492 e. The standard InChI is InChI=1S/C14H13NO6S/c1-7(13(17)18)21-9-5-3-4-8(11(9)20-2)6-10-12(16)15-14(19)22-10/h3-7H,1-2H3,(H,17,18)(H,15,16,19)/b10-6+/t7-/m1/s1. The van der Waals surface area contributed by atoms with Crippen LogP contribution < -0.4 is 14.8 Å². The molecule has 0 radical (unpaired) electrons. The molecule has 2 amide bonds. The van der Waals surface area contributed by atoms with Crippen LogP contribution in [0.1, 0.15) is 12.5 Å². The average molecular weight is 323 g/mol. The number of carboxylic acids is 1. The van der Waals surface area contributed by atoms with E-state index in [1.54, 1.807) is 18.2 Å². The Bertz CT molecular complexity index is 669. The van der Waals surface area contributed by atoms with Crippen LogP contribution in [0.2, 0.25) is 0 Å². The summed E-state index contributed by atoms with van der Waals surface area (Å²) >= 11 is 0.783. The summed E-state index contributed by atoms with van der Waals surface area (Å²) in [6.45, 7) is 1.39. The van der Waals surface area contributed by atoms with Gasteiger partial charge in [0.25, 0.3) is 11.1 Å². The summed E-state index contributed by atoms with van der Waals surface area (Å²) in [5.41, 5.74) is 0.505. The van der Waals surface area contributed by atoms with Gasteiger partial charge in [-0.05, 0) is 30.8 Å². The molecule has 1 heterocycles. The van der Waals surface area contributed by atoms with Gasteiger partial charge in [-0.15, -0.1) is 0 Å². The van der Waals surface area contributed by atoms with Crippen molar-refractivity contribution >= 4 is 35.0 Å². The minimum atomic E-state index is -1.11. The van der Waals surface area contributed by atoms with Crippen molar-refractivity contribution in [2.45, 2.75) is 13.0 Å². The lowest BCUT2D eigenvalue weighted by Gasteiger charge is -2.15. The molecule has 1 aliphatic heterocycles. The molecule has 0 saturated carbocycles. The molecule has 1 atom stereocenters. The Labute approximate surface area is 130 Å². The van der Waals surface area contributed by atoms with Gasteiger partial charge in [0.05, 0.1) is 12.0 Å². The first kappa shape index (κ1) is 15.9. The monoisotopic (exact) mass is 323 g/mol. The van der Waals surface area contributed by atoms with Gasteiger partial charge in [0.15, 0.2) is 17.6 Å². The second-order valence-electron chi connectivity index (χ2n) is 4.33. The van der Waals surface area contributed by atoms with Gasteiger partial charge in [0.1, 0.15) is 0 Å². The molecule has 0 unspecified atom stereocenters. The van der Waals surface area contributed by atoms with Crippen LogP contribution in [0.15, 0.2) is 23.1 Å². The largest absolute Gasteiger partial charge is 0.492 e. The summed E-state index contributed by atoms with van der Waals surface area (Å²) in [5, 5.41) is 10.6. The van der Waals surface area contributed by atoms with E-state index in [4.69, 9.17) is 14.6 Å². The summed E-state index contributed by atoms with van der Waals surface area (Å²) in [4.78, 5) is 33.8. The Morgan fingerprint density at radius 2 is 2.14 bits per heavy atom. The van der Waals surface area contributed by atoms with Crippen LogP contribution >= 0.6 is 11.8 Å². The number of nitrogens with one attached hydrogen (secondary N) is 1. The van der Waals surface area contributed by atoms with Crippen LogP contribution in [0.4, 0.5) is 4.79 Å². The third kappa shape index (κ3) is 3.40. The summed E-state index contributed by atoms with van der Waals surface area (Å²) in [6, 6.07) is 4.87. The number of ether oxygens (including phenoxy) is 2. The minimum absolute atomic E-state index is 0.228. The highest BCUT2D eigenvalue weighted by Crippen LogP contribution is 2.35. The molecule has 0 bridgehead atoms. The van der Waals surface area contributed by atoms with Crippen molar-refractivity contribution in [3.8, 4) is 11.5 Å². The van der Waals surface area contributed by atoms with Crippen LogP contribution in [0.3, 0.4) is 0 Å². The van der Waals surface area contributed by atoms with E-state index in [2.05, 4.69) is 5.32 Å². The molecule has 1 aliphatic rings. The first-order valence-electron chi connectivity index (χ1n) is 6.23. The zero-order chi connectivity index (χ0) is 16.3. The van der Waals surface area contributed by atoms with Crippen LogP contribution in [0, 0.1) is 0 Å². The van der Waals surface area contributed by atoms with E-state index in [-0.39, 0.29) is 16.4 Å². The van der Waals surface area contributed by atoms with Crippen molar-refractivity contribution in [1.29, 1.82) is 0 Å². The fourth-order valence-corrected chi connectivity index (χ4v) is 2.43. The van der Waals surface area contributed by atoms with E-state index >= 15 is 0 Å². The fraction of sp³-hybridized carbons (Fsp3) is 0.214. The van der Waals surface area contributed by atoms with E-state index in [0.717, 1.165) is 11.8 Å². The average Bonchev–Trinajstić information content (AvgIpc) is 2.77. The number of thioether (sulfide) groups is 1. The van der Waals surface area contributed by atoms with Gasteiger partial charge in [-0.25, -0.2) is 4.79 Å². The van der Waals surface area contributed by atoms with Crippen molar-refractivity contribution in [2.75, 3.05) is 7.11 Å². The number of para-hydroxylation sites is 1. The van der Waals surface area contributed by atoms with Crippen molar-refractivity contribution in [3.63, 3.8) is 0 Å². The molecule has 1 saturated heterocycles. The molecule has 0 aliphatic carbocycles. The maximum Gasteiger partial charge on any atom is 0.344 e. The smallest absolute Gasteiger partial charge is 0.344 e. The Hall–Kier alpha value is -2.48. The summed E-state index contributed by atoms with van der Waals surface area (Å²) in [5.74, 6) is -1.07. The Morgan fingerprint density at radius 3 is 2.68 bits per heavy atom. The Balaban J connectivity index is 2.37. The Kier molecular flexibility index (Phi) is 4.71. The van der Waals surface area contributed by atoms with Gasteiger partial charge < -0.3 is 14.6 Å². The maximum absolute atomic E-state index is 11.6. The first-order valence-corrected chi connectivity index (χ1v) is 7.05. The number of hydrogen-bond acceptors (Lipinski definition) is 6. The van der Waals surface area contributed by atoms with Crippen molar-refractivity contribution < 1.29 is 29.0 Å². The number of imide groups is 1. The topological polar surface area (TPSA) is 102 Å². The molecule has 2 N–H and O–H groups in total. The third-order valence-corrected chi connectivity index (χ3v) is 3.60. The highest BCUT2D eigenvalue weighted by Gasteiger charge is 2.26. The molecular weight excluding hydrogens is 310 g/mol. The van der Waals surface area contributed by atoms with Gasteiger partial charge in [-0.2, -0.15) is 0 Å². The number of rotatable bonds is 5. The highest BCUT2D eigenvalue weighted by atomic mass is 32.2. The summed E-state index contributed by atoms with van der Waals surface area (Å²) in [6.07, 6.45) is 0.435. The quantitative estimate of drug-likeness (QED) is 0.797. The molecule has 1 aromatic carbocycles. The fourth-order valence-electron chi connectivity index (χ4n) is 1.76. The number of carbonyl (C=O) groups excluding carboxylic acids is 2. The van der Waals surface area contributed by atoms with Crippen LogP contribution in [-0.2, 0) is 9.59 Å². The first-order chi connectivity index (χ1) is 10.4. The predicted octanol–water partition coefficient (Wildman–Crippen LogP) is 1.87. The lowest BCUT2D eigenvalue weighted by atomic mass is 10.1. The lowest BCUT2D eigenvalue weighted by Crippen LogP contribution is -2.23. The number of benzene rings is 1. The highest BCUT2D eigenvalue weighted by molar-refractivity contribution is 8.18.